The maximum Gasteiger partial charge on any atom is 0.272 e. The van der Waals surface area contributed by atoms with E-state index in [1.165, 1.54) is 18.3 Å². The smallest absolute Gasteiger partial charge is 0.272 e. The van der Waals surface area contributed by atoms with Gasteiger partial charge < -0.3 is 10.6 Å². The minimum absolute atomic E-state index is 0.164. The van der Waals surface area contributed by atoms with Gasteiger partial charge in [-0.15, -0.1) is 0 Å². The number of nitrogens with zero attached hydrogens (tertiary/aromatic N) is 2. The number of rotatable bonds is 4. The molecular weight excluding hydrogens is 269 g/mol. The Morgan fingerprint density at radius 2 is 1.95 bits per heavy atom. The third-order valence-corrected chi connectivity index (χ3v) is 3.43. The van der Waals surface area contributed by atoms with Gasteiger partial charge in [-0.25, -0.2) is 9.37 Å². The first kappa shape index (κ1) is 15.0. The van der Waals surface area contributed by atoms with Crippen LogP contribution in [0.25, 0.3) is 0 Å². The van der Waals surface area contributed by atoms with Crippen molar-refractivity contribution in [3.8, 4) is 0 Å². The number of hydrogen-bond acceptors (Lipinski definition) is 3. The van der Waals surface area contributed by atoms with Crippen molar-refractivity contribution in [3.63, 3.8) is 0 Å². The number of pyridine rings is 1. The van der Waals surface area contributed by atoms with E-state index in [0.717, 1.165) is 5.56 Å². The molecule has 1 aromatic heterocycles. The second-order valence-corrected chi connectivity index (χ2v) is 4.80. The summed E-state index contributed by atoms with van der Waals surface area (Å²) in [6.07, 6.45) is 1.46. The fraction of sp³-hybridized carbons (Fsp3) is 0.250. The highest BCUT2D eigenvalue weighted by Crippen LogP contribution is 2.22. The Balaban J connectivity index is 2.23. The van der Waals surface area contributed by atoms with Crippen LogP contribution in [0, 0.1) is 5.82 Å². The van der Waals surface area contributed by atoms with Crippen molar-refractivity contribution < 1.29 is 9.18 Å². The average molecular weight is 287 g/mol. The van der Waals surface area contributed by atoms with E-state index in [-0.39, 0.29) is 17.8 Å². The number of hydrogen-bond donors (Lipinski definition) is 1. The Morgan fingerprint density at radius 1 is 1.29 bits per heavy atom. The highest BCUT2D eigenvalue weighted by Gasteiger charge is 2.22. The van der Waals surface area contributed by atoms with Crippen LogP contribution in [0.15, 0.2) is 42.6 Å². The molecule has 0 aliphatic rings. The van der Waals surface area contributed by atoms with Crippen molar-refractivity contribution in [1.82, 2.24) is 9.88 Å². The highest BCUT2D eigenvalue weighted by molar-refractivity contribution is 5.92. The van der Waals surface area contributed by atoms with Gasteiger partial charge in [0.05, 0.1) is 17.9 Å². The summed E-state index contributed by atoms with van der Waals surface area (Å²) in [4.78, 5) is 18.3. The zero-order chi connectivity index (χ0) is 15.4. The lowest BCUT2D eigenvalue weighted by molar-refractivity contribution is 0.0696. The molecule has 1 atom stereocenters. The van der Waals surface area contributed by atoms with Crippen LogP contribution in [0.1, 0.15) is 35.9 Å². The third kappa shape index (κ3) is 3.37. The number of carbonyl (C=O) groups is 1. The Labute approximate surface area is 123 Å². The van der Waals surface area contributed by atoms with Crippen LogP contribution in [0.2, 0.25) is 0 Å². The second-order valence-electron chi connectivity index (χ2n) is 4.80. The molecule has 4 nitrogen and oxygen atoms in total. The second kappa shape index (κ2) is 6.35. The van der Waals surface area contributed by atoms with Gasteiger partial charge in [0.1, 0.15) is 11.5 Å². The SMILES string of the molecule is CCN(C(=O)c1ccc(N)cn1)C(C)c1ccc(F)cc1. The zero-order valence-electron chi connectivity index (χ0n) is 12.1. The van der Waals surface area contributed by atoms with Crippen molar-refractivity contribution in [2.45, 2.75) is 19.9 Å². The van der Waals surface area contributed by atoms with Crippen molar-refractivity contribution in [2.75, 3.05) is 12.3 Å². The molecule has 0 aliphatic heterocycles. The number of nitrogen functional groups attached to an aromatic ring is 1. The van der Waals surface area contributed by atoms with Crippen LogP contribution >= 0.6 is 0 Å². The van der Waals surface area contributed by atoms with Gasteiger partial charge >= 0.3 is 0 Å². The summed E-state index contributed by atoms with van der Waals surface area (Å²) in [6.45, 7) is 4.34. The quantitative estimate of drug-likeness (QED) is 0.940. The largest absolute Gasteiger partial charge is 0.397 e. The summed E-state index contributed by atoms with van der Waals surface area (Å²) in [5, 5.41) is 0. The van der Waals surface area contributed by atoms with E-state index in [9.17, 15) is 9.18 Å². The number of anilines is 1. The Hall–Kier alpha value is -2.43. The topological polar surface area (TPSA) is 59.2 Å². The van der Waals surface area contributed by atoms with Crippen molar-refractivity contribution in [1.29, 1.82) is 0 Å². The fourth-order valence-electron chi connectivity index (χ4n) is 2.19. The van der Waals surface area contributed by atoms with Crippen LogP contribution in [0.5, 0.6) is 0 Å². The Kier molecular flexibility index (Phi) is 4.52. The molecule has 1 heterocycles. The molecule has 110 valence electrons. The predicted molar refractivity (Wildman–Crippen MR) is 80.2 cm³/mol. The van der Waals surface area contributed by atoms with Crippen LogP contribution in [-0.2, 0) is 0 Å². The first-order valence-corrected chi connectivity index (χ1v) is 6.81. The standard InChI is InChI=1S/C16H18FN3O/c1-3-20(11(2)12-4-6-13(17)7-5-12)16(21)15-9-8-14(18)10-19-15/h4-11H,3,18H2,1-2H3. The molecule has 2 aromatic rings. The van der Waals surface area contributed by atoms with E-state index in [0.29, 0.717) is 17.9 Å². The first-order valence-electron chi connectivity index (χ1n) is 6.81. The molecule has 0 saturated carbocycles. The van der Waals surface area contributed by atoms with E-state index in [1.54, 1.807) is 29.2 Å². The summed E-state index contributed by atoms with van der Waals surface area (Å²) in [5.41, 5.74) is 7.32. The van der Waals surface area contributed by atoms with E-state index < -0.39 is 0 Å². The van der Waals surface area contributed by atoms with E-state index in [1.807, 2.05) is 13.8 Å². The molecule has 2 N–H and O–H groups in total. The molecule has 0 bridgehead atoms. The first-order chi connectivity index (χ1) is 10.0. The minimum atomic E-state index is -0.291. The lowest BCUT2D eigenvalue weighted by Crippen LogP contribution is -2.34. The number of amides is 1. The summed E-state index contributed by atoms with van der Waals surface area (Å²) in [6, 6.07) is 9.26. The molecule has 1 aromatic carbocycles. The number of halogens is 1. The molecule has 0 fully saturated rings. The molecule has 21 heavy (non-hydrogen) atoms. The normalized spacial score (nSPS) is 12.0. The molecule has 0 saturated heterocycles. The number of benzene rings is 1. The van der Waals surface area contributed by atoms with E-state index in [4.69, 9.17) is 5.73 Å². The summed E-state index contributed by atoms with van der Waals surface area (Å²) >= 11 is 0. The lowest BCUT2D eigenvalue weighted by atomic mass is 10.1. The fourth-order valence-corrected chi connectivity index (χ4v) is 2.19. The molecule has 5 heteroatoms. The van der Waals surface area contributed by atoms with E-state index >= 15 is 0 Å². The molecule has 1 unspecified atom stereocenters. The highest BCUT2D eigenvalue weighted by atomic mass is 19.1. The molecule has 1 amide bonds. The number of carbonyl (C=O) groups excluding carboxylic acids is 1. The summed E-state index contributed by atoms with van der Waals surface area (Å²) in [5.74, 6) is -0.463. The lowest BCUT2D eigenvalue weighted by Gasteiger charge is -2.28. The van der Waals surface area contributed by atoms with Gasteiger partial charge in [-0.3, -0.25) is 4.79 Å². The zero-order valence-corrected chi connectivity index (χ0v) is 12.1. The van der Waals surface area contributed by atoms with Gasteiger partial charge in [0.15, 0.2) is 0 Å². The predicted octanol–water partition coefficient (Wildman–Crippen LogP) is 3.03. The maximum atomic E-state index is 13.0. The Bertz CT molecular complexity index is 610. The van der Waals surface area contributed by atoms with Crippen LogP contribution in [0.3, 0.4) is 0 Å². The van der Waals surface area contributed by atoms with Crippen LogP contribution in [0.4, 0.5) is 10.1 Å². The van der Waals surface area contributed by atoms with Crippen molar-refractivity contribution in [3.05, 3.63) is 59.7 Å². The van der Waals surface area contributed by atoms with Gasteiger partial charge in [0.25, 0.3) is 5.91 Å². The van der Waals surface area contributed by atoms with Gasteiger partial charge in [-0.2, -0.15) is 0 Å². The van der Waals surface area contributed by atoms with Gasteiger partial charge in [0, 0.05) is 6.54 Å². The number of nitrogens with two attached hydrogens (primary N) is 1. The van der Waals surface area contributed by atoms with Crippen molar-refractivity contribution in [2.24, 2.45) is 0 Å². The maximum absolute atomic E-state index is 13.0. The van der Waals surface area contributed by atoms with Crippen molar-refractivity contribution >= 4 is 11.6 Å². The Morgan fingerprint density at radius 3 is 2.48 bits per heavy atom. The van der Waals surface area contributed by atoms with Crippen LogP contribution < -0.4 is 5.73 Å². The molecule has 0 aliphatic carbocycles. The third-order valence-electron chi connectivity index (χ3n) is 3.43. The average Bonchev–Trinajstić information content (AvgIpc) is 2.49. The monoisotopic (exact) mass is 287 g/mol. The molecular formula is C16H18FN3O. The molecule has 0 radical (unpaired) electrons. The van der Waals surface area contributed by atoms with E-state index in [2.05, 4.69) is 4.98 Å². The van der Waals surface area contributed by atoms with Gasteiger partial charge in [-0.1, -0.05) is 12.1 Å². The summed E-state index contributed by atoms with van der Waals surface area (Å²) < 4.78 is 13.0. The van der Waals surface area contributed by atoms with Crippen LogP contribution in [-0.4, -0.2) is 22.3 Å². The number of aromatic nitrogens is 1. The van der Waals surface area contributed by atoms with Gasteiger partial charge in [0.2, 0.25) is 0 Å². The minimum Gasteiger partial charge on any atom is -0.397 e. The molecule has 2 rings (SSSR count). The van der Waals surface area contributed by atoms with Gasteiger partial charge in [-0.05, 0) is 43.7 Å². The summed E-state index contributed by atoms with van der Waals surface area (Å²) in [7, 11) is 0. The molecule has 0 spiro atoms.